The largest absolute Gasteiger partial charge is 0.338 e. The van der Waals surface area contributed by atoms with Crippen LogP contribution in [0.25, 0.3) is 0 Å². The Labute approximate surface area is 118 Å². The van der Waals surface area contributed by atoms with Crippen molar-refractivity contribution in [2.75, 3.05) is 11.4 Å². The number of anilines is 1. The molecule has 108 valence electrons. The summed E-state index contributed by atoms with van der Waals surface area (Å²) in [5.41, 5.74) is 1.21. The predicted octanol–water partition coefficient (Wildman–Crippen LogP) is 4.22. The lowest BCUT2D eigenvalue weighted by molar-refractivity contribution is 0.510. The van der Waals surface area contributed by atoms with Gasteiger partial charge in [0.25, 0.3) is 0 Å². The molecule has 0 N–H and O–H groups in total. The van der Waals surface area contributed by atoms with Gasteiger partial charge >= 0.3 is 0 Å². The van der Waals surface area contributed by atoms with E-state index >= 15 is 0 Å². The van der Waals surface area contributed by atoms with Crippen LogP contribution in [-0.2, 0) is 6.42 Å². The van der Waals surface area contributed by atoms with Crippen LogP contribution in [0.4, 0.5) is 5.95 Å². The number of rotatable bonds is 9. The van der Waals surface area contributed by atoms with Crippen LogP contribution in [-0.4, -0.2) is 22.6 Å². The summed E-state index contributed by atoms with van der Waals surface area (Å²) in [4.78, 5) is 11.5. The highest BCUT2D eigenvalue weighted by atomic mass is 15.3. The second-order valence-electron chi connectivity index (χ2n) is 5.14. The Bertz CT molecular complexity index is 334. The minimum atomic E-state index is 0.573. The van der Waals surface area contributed by atoms with Gasteiger partial charge in [-0.05, 0) is 31.2 Å². The molecule has 3 nitrogen and oxygen atoms in total. The molecule has 1 atom stereocenters. The van der Waals surface area contributed by atoms with Crippen molar-refractivity contribution in [2.45, 2.75) is 72.3 Å². The van der Waals surface area contributed by atoms with Crippen molar-refractivity contribution >= 4 is 5.95 Å². The third-order valence-electron chi connectivity index (χ3n) is 3.64. The summed E-state index contributed by atoms with van der Waals surface area (Å²) in [6.07, 6.45) is 11.0. The second-order valence-corrected chi connectivity index (χ2v) is 5.14. The van der Waals surface area contributed by atoms with Gasteiger partial charge in [-0.3, -0.25) is 0 Å². The minimum absolute atomic E-state index is 0.573. The van der Waals surface area contributed by atoms with Crippen molar-refractivity contribution in [2.24, 2.45) is 0 Å². The standard InChI is InChI=1S/C16H29N3/c1-5-9-11-19(15(8-4)10-6-2)16-17-12-14(7-3)13-18-16/h12-13,15H,5-11H2,1-4H3. The van der Waals surface area contributed by atoms with E-state index in [0.717, 1.165) is 25.3 Å². The van der Waals surface area contributed by atoms with Gasteiger partial charge in [-0.2, -0.15) is 0 Å². The molecule has 0 saturated heterocycles. The van der Waals surface area contributed by atoms with Gasteiger partial charge in [0.05, 0.1) is 0 Å². The first-order valence-corrected chi connectivity index (χ1v) is 7.84. The van der Waals surface area contributed by atoms with Crippen molar-refractivity contribution < 1.29 is 0 Å². The summed E-state index contributed by atoms with van der Waals surface area (Å²) in [7, 11) is 0. The van der Waals surface area contributed by atoms with E-state index in [4.69, 9.17) is 0 Å². The Hall–Kier alpha value is -1.12. The molecule has 0 aliphatic rings. The van der Waals surface area contributed by atoms with Crippen LogP contribution in [0.5, 0.6) is 0 Å². The quantitative estimate of drug-likeness (QED) is 0.668. The van der Waals surface area contributed by atoms with Crippen LogP contribution in [0.3, 0.4) is 0 Å². The van der Waals surface area contributed by atoms with Crippen LogP contribution in [0.2, 0.25) is 0 Å². The van der Waals surface area contributed by atoms with Crippen LogP contribution in [0.15, 0.2) is 12.4 Å². The van der Waals surface area contributed by atoms with Crippen LogP contribution in [0.1, 0.15) is 65.4 Å². The van der Waals surface area contributed by atoms with Crippen molar-refractivity contribution in [3.63, 3.8) is 0 Å². The molecule has 0 saturated carbocycles. The molecule has 1 aromatic rings. The Kier molecular flexibility index (Phi) is 7.46. The smallest absolute Gasteiger partial charge is 0.225 e. The topological polar surface area (TPSA) is 29.0 Å². The van der Waals surface area contributed by atoms with Gasteiger partial charge in [0, 0.05) is 25.0 Å². The molecule has 0 spiro atoms. The molecule has 0 radical (unpaired) electrons. The molecule has 3 heteroatoms. The van der Waals surface area contributed by atoms with E-state index < -0.39 is 0 Å². The summed E-state index contributed by atoms with van der Waals surface area (Å²) < 4.78 is 0. The number of hydrogen-bond donors (Lipinski definition) is 0. The zero-order valence-electron chi connectivity index (χ0n) is 13.0. The highest BCUT2D eigenvalue weighted by Crippen LogP contribution is 2.18. The first-order valence-electron chi connectivity index (χ1n) is 7.84. The molecular weight excluding hydrogens is 234 g/mol. The molecule has 1 rings (SSSR count). The average molecular weight is 263 g/mol. The fourth-order valence-electron chi connectivity index (χ4n) is 2.37. The molecule has 0 bridgehead atoms. The minimum Gasteiger partial charge on any atom is -0.338 e. The lowest BCUT2D eigenvalue weighted by Gasteiger charge is -2.31. The number of hydrogen-bond acceptors (Lipinski definition) is 3. The van der Waals surface area contributed by atoms with Gasteiger partial charge in [-0.25, -0.2) is 9.97 Å². The predicted molar refractivity (Wildman–Crippen MR) is 82.7 cm³/mol. The Morgan fingerprint density at radius 3 is 2.21 bits per heavy atom. The highest BCUT2D eigenvalue weighted by molar-refractivity contribution is 5.31. The van der Waals surface area contributed by atoms with Crippen molar-refractivity contribution in [1.82, 2.24) is 9.97 Å². The molecule has 0 amide bonds. The Morgan fingerprint density at radius 2 is 1.74 bits per heavy atom. The van der Waals surface area contributed by atoms with Crippen LogP contribution >= 0.6 is 0 Å². The summed E-state index contributed by atoms with van der Waals surface area (Å²) in [5, 5.41) is 0. The van der Waals surface area contributed by atoms with E-state index in [9.17, 15) is 0 Å². The first kappa shape index (κ1) is 15.9. The molecule has 0 aliphatic heterocycles. The molecule has 1 aromatic heterocycles. The molecule has 1 unspecified atom stereocenters. The molecular formula is C16H29N3. The first-order chi connectivity index (χ1) is 9.26. The van der Waals surface area contributed by atoms with E-state index in [-0.39, 0.29) is 0 Å². The molecule has 0 aliphatic carbocycles. The normalized spacial score (nSPS) is 12.4. The zero-order chi connectivity index (χ0) is 14.1. The van der Waals surface area contributed by atoms with Gasteiger partial charge in [0.2, 0.25) is 5.95 Å². The fourth-order valence-corrected chi connectivity index (χ4v) is 2.37. The Morgan fingerprint density at radius 1 is 1.05 bits per heavy atom. The van der Waals surface area contributed by atoms with Crippen molar-refractivity contribution in [1.29, 1.82) is 0 Å². The van der Waals surface area contributed by atoms with Crippen molar-refractivity contribution in [3.8, 4) is 0 Å². The number of aryl methyl sites for hydroxylation is 1. The third kappa shape index (κ3) is 4.81. The van der Waals surface area contributed by atoms with Gasteiger partial charge in [0.1, 0.15) is 0 Å². The summed E-state index contributed by atoms with van der Waals surface area (Å²) in [6, 6.07) is 0.573. The van der Waals surface area contributed by atoms with Crippen LogP contribution in [0, 0.1) is 0 Å². The summed E-state index contributed by atoms with van der Waals surface area (Å²) >= 11 is 0. The number of unbranched alkanes of at least 4 members (excludes halogenated alkanes) is 1. The second kappa shape index (κ2) is 8.89. The zero-order valence-corrected chi connectivity index (χ0v) is 13.0. The summed E-state index contributed by atoms with van der Waals surface area (Å²) in [5.74, 6) is 0.908. The van der Waals surface area contributed by atoms with E-state index in [0.29, 0.717) is 6.04 Å². The lowest BCUT2D eigenvalue weighted by atomic mass is 10.1. The third-order valence-corrected chi connectivity index (χ3v) is 3.64. The van der Waals surface area contributed by atoms with E-state index in [1.165, 1.54) is 31.2 Å². The monoisotopic (exact) mass is 263 g/mol. The number of aromatic nitrogens is 2. The van der Waals surface area contributed by atoms with E-state index in [1.807, 2.05) is 12.4 Å². The molecule has 0 fully saturated rings. The molecule has 19 heavy (non-hydrogen) atoms. The molecule has 1 heterocycles. The van der Waals surface area contributed by atoms with Gasteiger partial charge in [-0.1, -0.05) is 40.5 Å². The van der Waals surface area contributed by atoms with Crippen molar-refractivity contribution in [3.05, 3.63) is 18.0 Å². The fraction of sp³-hybridized carbons (Fsp3) is 0.750. The maximum absolute atomic E-state index is 4.57. The Balaban J connectivity index is 2.86. The van der Waals surface area contributed by atoms with Gasteiger partial charge in [0.15, 0.2) is 0 Å². The van der Waals surface area contributed by atoms with E-state index in [1.54, 1.807) is 0 Å². The SMILES string of the molecule is CCCCN(c1ncc(CC)cn1)C(CC)CCC. The van der Waals surface area contributed by atoms with Gasteiger partial charge < -0.3 is 4.90 Å². The highest BCUT2D eigenvalue weighted by Gasteiger charge is 2.18. The molecule has 0 aromatic carbocycles. The van der Waals surface area contributed by atoms with Gasteiger partial charge in [-0.15, -0.1) is 0 Å². The maximum atomic E-state index is 4.57. The maximum Gasteiger partial charge on any atom is 0.225 e. The van der Waals surface area contributed by atoms with Crippen LogP contribution < -0.4 is 4.90 Å². The summed E-state index contributed by atoms with van der Waals surface area (Å²) in [6.45, 7) is 9.96. The van der Waals surface area contributed by atoms with E-state index in [2.05, 4.69) is 42.6 Å². The average Bonchev–Trinajstić information content (AvgIpc) is 2.47. The number of nitrogens with zero attached hydrogens (tertiary/aromatic N) is 3. The lowest BCUT2D eigenvalue weighted by Crippen LogP contribution is -2.37.